The van der Waals surface area contributed by atoms with Gasteiger partial charge in [0.2, 0.25) is 0 Å². The minimum Gasteiger partial charge on any atom is -0.248 e. The Morgan fingerprint density at radius 2 is 2.36 bits per heavy atom. The van der Waals surface area contributed by atoms with Gasteiger partial charge in [-0.2, -0.15) is 5.26 Å². The van der Waals surface area contributed by atoms with Gasteiger partial charge in [-0.1, -0.05) is 15.9 Å². The lowest BCUT2D eigenvalue weighted by Crippen LogP contribution is -1.86. The van der Waals surface area contributed by atoms with Gasteiger partial charge in [-0.3, -0.25) is 0 Å². The molecule has 0 aromatic carbocycles. The van der Waals surface area contributed by atoms with Crippen LogP contribution in [-0.4, -0.2) is 4.98 Å². The molecule has 0 N–H and O–H groups in total. The van der Waals surface area contributed by atoms with Crippen LogP contribution in [0, 0.1) is 11.3 Å². The first-order chi connectivity index (χ1) is 5.27. The maximum atomic E-state index is 8.60. The first kappa shape index (κ1) is 8.69. The topological polar surface area (TPSA) is 36.7 Å². The van der Waals surface area contributed by atoms with E-state index in [0.717, 1.165) is 10.9 Å². The molecule has 1 rings (SSSR count). The molecule has 0 saturated heterocycles. The molecule has 0 unspecified atom stereocenters. The van der Waals surface area contributed by atoms with Crippen LogP contribution >= 0.6 is 31.9 Å². The zero-order chi connectivity index (χ0) is 8.27. The van der Waals surface area contributed by atoms with Gasteiger partial charge in [0.15, 0.2) is 0 Å². The highest BCUT2D eigenvalue weighted by atomic mass is 79.9. The summed E-state index contributed by atoms with van der Waals surface area (Å²) in [5.41, 5.74) is 1.58. The van der Waals surface area contributed by atoms with Crippen LogP contribution in [-0.2, 0) is 5.33 Å². The Morgan fingerprint density at radius 3 is 2.91 bits per heavy atom. The first-order valence-corrected chi connectivity index (χ1v) is 4.80. The van der Waals surface area contributed by atoms with Gasteiger partial charge in [0.25, 0.3) is 0 Å². The van der Waals surface area contributed by atoms with Crippen molar-refractivity contribution in [3.05, 3.63) is 28.0 Å². The van der Waals surface area contributed by atoms with E-state index in [1.807, 2.05) is 6.07 Å². The Hall–Kier alpha value is -0.400. The number of hydrogen-bond donors (Lipinski definition) is 0. The summed E-state index contributed by atoms with van der Waals surface area (Å²) in [7, 11) is 0. The maximum Gasteiger partial charge on any atom is 0.123 e. The molecule has 0 bridgehead atoms. The van der Waals surface area contributed by atoms with Gasteiger partial charge < -0.3 is 0 Å². The first-order valence-electron chi connectivity index (χ1n) is 2.88. The monoisotopic (exact) mass is 274 g/mol. The predicted molar refractivity (Wildman–Crippen MR) is 49.3 cm³/mol. The summed E-state index contributed by atoms with van der Waals surface area (Å²) in [5, 5.41) is 9.33. The molecule has 0 spiro atoms. The van der Waals surface area contributed by atoms with Gasteiger partial charge in [-0.15, -0.1) is 0 Å². The number of pyridine rings is 1. The molecule has 56 valence electrons. The van der Waals surface area contributed by atoms with Gasteiger partial charge in [-0.05, 0) is 27.6 Å². The van der Waals surface area contributed by atoms with Gasteiger partial charge in [-0.25, -0.2) is 4.98 Å². The molecule has 0 amide bonds. The molecular formula is C7H4Br2N2. The Balaban J connectivity index is 3.15. The van der Waals surface area contributed by atoms with Crippen molar-refractivity contribution in [2.24, 2.45) is 0 Å². The lowest BCUT2D eigenvalue weighted by atomic mass is 10.2. The van der Waals surface area contributed by atoms with E-state index >= 15 is 0 Å². The number of alkyl halides is 1. The molecule has 0 aliphatic heterocycles. The lowest BCUT2D eigenvalue weighted by molar-refractivity contribution is 1.20. The average molecular weight is 276 g/mol. The molecule has 1 aromatic rings. The molecule has 0 atom stereocenters. The SMILES string of the molecule is N#Cc1cc(CBr)cnc1Br. The maximum absolute atomic E-state index is 8.60. The number of nitriles is 1. The molecule has 0 aliphatic carbocycles. The molecule has 4 heteroatoms. The van der Waals surface area contributed by atoms with E-state index in [0.29, 0.717) is 10.2 Å². The van der Waals surface area contributed by atoms with E-state index in [9.17, 15) is 0 Å². The third-order valence-corrected chi connectivity index (χ3v) is 2.45. The Kier molecular flexibility index (Phi) is 3.03. The second-order valence-corrected chi connectivity index (χ2v) is 3.24. The van der Waals surface area contributed by atoms with Crippen LogP contribution in [0.5, 0.6) is 0 Å². The van der Waals surface area contributed by atoms with E-state index in [2.05, 4.69) is 36.8 Å². The molecule has 0 saturated carbocycles. The summed E-state index contributed by atoms with van der Waals surface area (Å²) < 4.78 is 0.602. The molecule has 1 aromatic heterocycles. The minimum absolute atomic E-state index is 0.571. The van der Waals surface area contributed by atoms with E-state index < -0.39 is 0 Å². The quantitative estimate of drug-likeness (QED) is 0.584. The summed E-state index contributed by atoms with van der Waals surface area (Å²) >= 11 is 6.45. The van der Waals surface area contributed by atoms with Crippen LogP contribution in [0.15, 0.2) is 16.9 Å². The van der Waals surface area contributed by atoms with Crippen LogP contribution in [0.25, 0.3) is 0 Å². The summed E-state index contributed by atoms with van der Waals surface area (Å²) in [6.07, 6.45) is 1.72. The Morgan fingerprint density at radius 1 is 1.64 bits per heavy atom. The molecule has 11 heavy (non-hydrogen) atoms. The average Bonchev–Trinajstić information content (AvgIpc) is 2.05. The number of nitrogens with zero attached hydrogens (tertiary/aromatic N) is 2. The highest BCUT2D eigenvalue weighted by Gasteiger charge is 2.00. The number of rotatable bonds is 1. The van der Waals surface area contributed by atoms with Crippen LogP contribution in [0.1, 0.15) is 11.1 Å². The van der Waals surface area contributed by atoms with Gasteiger partial charge in [0.1, 0.15) is 10.7 Å². The van der Waals surface area contributed by atoms with E-state index in [-0.39, 0.29) is 0 Å². The fraction of sp³-hybridized carbons (Fsp3) is 0.143. The fourth-order valence-electron chi connectivity index (χ4n) is 0.643. The normalized spacial score (nSPS) is 9.18. The summed E-state index contributed by atoms with van der Waals surface area (Å²) in [6.45, 7) is 0. The number of halogens is 2. The van der Waals surface area contributed by atoms with E-state index in [4.69, 9.17) is 5.26 Å². The minimum atomic E-state index is 0.571. The molecular weight excluding hydrogens is 272 g/mol. The van der Waals surface area contributed by atoms with Crippen LogP contribution in [0.2, 0.25) is 0 Å². The van der Waals surface area contributed by atoms with Crippen molar-refractivity contribution in [2.45, 2.75) is 5.33 Å². The molecule has 0 radical (unpaired) electrons. The highest BCUT2D eigenvalue weighted by molar-refractivity contribution is 9.10. The molecule has 2 nitrogen and oxygen atoms in total. The van der Waals surface area contributed by atoms with Crippen LogP contribution < -0.4 is 0 Å². The van der Waals surface area contributed by atoms with Gasteiger partial charge in [0, 0.05) is 11.5 Å². The van der Waals surface area contributed by atoms with Gasteiger partial charge >= 0.3 is 0 Å². The third-order valence-electron chi connectivity index (χ3n) is 1.17. The van der Waals surface area contributed by atoms with Crippen molar-refractivity contribution in [2.75, 3.05) is 0 Å². The zero-order valence-electron chi connectivity index (χ0n) is 5.51. The molecule has 0 aliphatic rings. The second-order valence-electron chi connectivity index (χ2n) is 1.93. The lowest BCUT2D eigenvalue weighted by Gasteiger charge is -1.96. The number of hydrogen-bond acceptors (Lipinski definition) is 2. The van der Waals surface area contributed by atoms with E-state index in [1.54, 1.807) is 12.3 Å². The van der Waals surface area contributed by atoms with Crippen molar-refractivity contribution < 1.29 is 0 Å². The van der Waals surface area contributed by atoms with Crippen molar-refractivity contribution in [3.63, 3.8) is 0 Å². The van der Waals surface area contributed by atoms with Crippen molar-refractivity contribution in [3.8, 4) is 6.07 Å². The zero-order valence-corrected chi connectivity index (χ0v) is 8.68. The fourth-order valence-corrected chi connectivity index (χ4v) is 1.25. The van der Waals surface area contributed by atoms with Crippen molar-refractivity contribution >= 4 is 31.9 Å². The third kappa shape index (κ3) is 2.01. The standard InChI is InChI=1S/C7H4Br2N2/c8-2-5-1-6(3-10)7(9)11-4-5/h1,4H,2H2. The summed E-state index contributed by atoms with van der Waals surface area (Å²) in [4.78, 5) is 3.98. The van der Waals surface area contributed by atoms with Crippen molar-refractivity contribution in [1.29, 1.82) is 5.26 Å². The summed E-state index contributed by atoms with van der Waals surface area (Å²) in [5.74, 6) is 0. The molecule has 1 heterocycles. The summed E-state index contributed by atoms with van der Waals surface area (Å²) in [6, 6.07) is 3.84. The van der Waals surface area contributed by atoms with Crippen molar-refractivity contribution in [1.82, 2.24) is 4.98 Å². The van der Waals surface area contributed by atoms with E-state index in [1.165, 1.54) is 0 Å². The second kappa shape index (κ2) is 3.84. The van der Waals surface area contributed by atoms with Gasteiger partial charge in [0.05, 0.1) is 5.56 Å². The van der Waals surface area contributed by atoms with Crippen LogP contribution in [0.3, 0.4) is 0 Å². The van der Waals surface area contributed by atoms with Crippen LogP contribution in [0.4, 0.5) is 0 Å². The smallest absolute Gasteiger partial charge is 0.123 e. The Bertz CT molecular complexity index is 304. The number of aromatic nitrogens is 1. The molecule has 0 fully saturated rings. The predicted octanol–water partition coefficient (Wildman–Crippen LogP) is 2.61. The highest BCUT2D eigenvalue weighted by Crippen LogP contribution is 2.15. The largest absolute Gasteiger partial charge is 0.248 e. The Labute approximate surface area is 81.5 Å².